The van der Waals surface area contributed by atoms with Crippen molar-refractivity contribution >= 4 is 47.2 Å². The van der Waals surface area contributed by atoms with Crippen LogP contribution in [-0.2, 0) is 4.79 Å². The Morgan fingerprint density at radius 1 is 1.00 bits per heavy atom. The van der Waals surface area contributed by atoms with Crippen LogP contribution in [0.2, 0.25) is 5.02 Å². The quantitative estimate of drug-likeness (QED) is 0.674. The highest BCUT2D eigenvalue weighted by atomic mass is 35.5. The maximum Gasteiger partial charge on any atom is 0.255 e. The van der Waals surface area contributed by atoms with Crippen LogP contribution in [-0.4, -0.2) is 17.4 Å². The van der Waals surface area contributed by atoms with Crippen LogP contribution < -0.4 is 16.4 Å². The van der Waals surface area contributed by atoms with E-state index in [0.29, 0.717) is 28.4 Å². The second-order valence-electron chi connectivity index (χ2n) is 6.16. The first-order valence-electron chi connectivity index (χ1n) is 8.09. The van der Waals surface area contributed by atoms with E-state index >= 15 is 0 Å². The van der Waals surface area contributed by atoms with Crippen molar-refractivity contribution in [3.8, 4) is 0 Å². The normalized spacial score (nSPS) is 12.5. The van der Waals surface area contributed by atoms with Gasteiger partial charge in [-0.05, 0) is 61.9 Å². The Bertz CT molecular complexity index is 744. The van der Waals surface area contributed by atoms with E-state index < -0.39 is 5.54 Å². The first-order valence-corrected chi connectivity index (χ1v) is 8.47. The van der Waals surface area contributed by atoms with Gasteiger partial charge < -0.3 is 16.4 Å². The molecule has 2 amide bonds. The lowest BCUT2D eigenvalue weighted by atomic mass is 9.96. The number of rotatable bonds is 6. The summed E-state index contributed by atoms with van der Waals surface area (Å²) in [6.45, 7) is 3.70. The number of hydrogen-bond donors (Lipinski definition) is 3. The molecule has 140 valence electrons. The van der Waals surface area contributed by atoms with E-state index in [1.165, 1.54) is 0 Å². The fourth-order valence-corrected chi connectivity index (χ4v) is 2.47. The van der Waals surface area contributed by atoms with Crippen LogP contribution in [0.25, 0.3) is 0 Å². The monoisotopic (exact) mass is 395 g/mol. The van der Waals surface area contributed by atoms with Crippen molar-refractivity contribution in [1.29, 1.82) is 0 Å². The molecule has 0 fully saturated rings. The molecule has 0 aromatic heterocycles. The van der Waals surface area contributed by atoms with E-state index in [4.69, 9.17) is 17.3 Å². The predicted octanol–water partition coefficient (Wildman–Crippen LogP) is 4.47. The molecule has 2 aromatic carbocycles. The largest absolute Gasteiger partial charge is 0.325 e. The van der Waals surface area contributed by atoms with Crippen LogP contribution in [0.3, 0.4) is 0 Å². The topological polar surface area (TPSA) is 84.2 Å². The van der Waals surface area contributed by atoms with Crippen LogP contribution >= 0.6 is 24.0 Å². The minimum atomic E-state index is -0.907. The van der Waals surface area contributed by atoms with Gasteiger partial charge in [0.25, 0.3) is 5.91 Å². The maximum atomic E-state index is 12.2. The molecule has 0 heterocycles. The van der Waals surface area contributed by atoms with E-state index in [0.717, 1.165) is 6.42 Å². The lowest BCUT2D eigenvalue weighted by Crippen LogP contribution is -2.48. The minimum absolute atomic E-state index is 0. The molecule has 0 radical (unpaired) electrons. The molecular formula is C19H23Cl2N3O2. The average molecular weight is 396 g/mol. The van der Waals surface area contributed by atoms with Crippen LogP contribution in [0.15, 0.2) is 48.5 Å². The summed E-state index contributed by atoms with van der Waals surface area (Å²) in [6.07, 6.45) is 1.43. The first-order chi connectivity index (χ1) is 11.8. The van der Waals surface area contributed by atoms with Gasteiger partial charge in [0, 0.05) is 22.0 Å². The second kappa shape index (κ2) is 9.57. The number of amides is 2. The molecular weight excluding hydrogens is 373 g/mol. The van der Waals surface area contributed by atoms with Crippen molar-refractivity contribution in [2.45, 2.75) is 32.2 Å². The summed E-state index contributed by atoms with van der Waals surface area (Å²) in [4.78, 5) is 24.3. The van der Waals surface area contributed by atoms with Gasteiger partial charge in [-0.15, -0.1) is 12.4 Å². The third-order valence-electron chi connectivity index (χ3n) is 3.80. The smallest absolute Gasteiger partial charge is 0.255 e. The molecule has 1 atom stereocenters. The van der Waals surface area contributed by atoms with E-state index in [-0.39, 0.29) is 24.2 Å². The van der Waals surface area contributed by atoms with Gasteiger partial charge in [-0.2, -0.15) is 0 Å². The zero-order valence-electron chi connectivity index (χ0n) is 14.7. The van der Waals surface area contributed by atoms with Crippen molar-refractivity contribution in [3.63, 3.8) is 0 Å². The Kier molecular flexibility index (Phi) is 8.08. The molecule has 26 heavy (non-hydrogen) atoms. The molecule has 4 N–H and O–H groups in total. The zero-order valence-corrected chi connectivity index (χ0v) is 16.3. The van der Waals surface area contributed by atoms with Gasteiger partial charge in [-0.1, -0.05) is 24.9 Å². The fourth-order valence-electron chi connectivity index (χ4n) is 2.35. The van der Waals surface area contributed by atoms with Crippen molar-refractivity contribution in [3.05, 3.63) is 59.1 Å². The second-order valence-corrected chi connectivity index (χ2v) is 6.60. The zero-order chi connectivity index (χ0) is 18.4. The summed E-state index contributed by atoms with van der Waals surface area (Å²) in [5.74, 6) is -0.460. The molecule has 7 heteroatoms. The predicted molar refractivity (Wildman–Crippen MR) is 109 cm³/mol. The molecule has 0 aliphatic rings. The van der Waals surface area contributed by atoms with Gasteiger partial charge in [-0.25, -0.2) is 0 Å². The Hall–Kier alpha value is -2.08. The molecule has 0 spiro atoms. The fraction of sp³-hybridized carbons (Fsp3) is 0.263. The molecule has 0 aliphatic heterocycles. The van der Waals surface area contributed by atoms with Gasteiger partial charge in [-0.3, -0.25) is 9.59 Å². The van der Waals surface area contributed by atoms with E-state index in [1.54, 1.807) is 55.5 Å². The number of anilines is 2. The summed E-state index contributed by atoms with van der Waals surface area (Å²) in [7, 11) is 0. The van der Waals surface area contributed by atoms with Crippen LogP contribution in [0, 0.1) is 0 Å². The number of nitrogens with one attached hydrogen (secondary N) is 2. The van der Waals surface area contributed by atoms with Gasteiger partial charge in [0.1, 0.15) is 0 Å². The van der Waals surface area contributed by atoms with Gasteiger partial charge in [0.05, 0.1) is 5.54 Å². The van der Waals surface area contributed by atoms with Gasteiger partial charge in [0.2, 0.25) is 5.91 Å². The molecule has 2 rings (SSSR count). The van der Waals surface area contributed by atoms with E-state index in [9.17, 15) is 9.59 Å². The van der Waals surface area contributed by atoms with Crippen molar-refractivity contribution in [1.82, 2.24) is 0 Å². The third kappa shape index (κ3) is 6.02. The number of carbonyl (C=O) groups excluding carboxylic acids is 2. The molecule has 1 unspecified atom stereocenters. The molecule has 0 bridgehead atoms. The Labute approximate surface area is 164 Å². The highest BCUT2D eigenvalue weighted by molar-refractivity contribution is 6.30. The number of carbonyl (C=O) groups is 2. The lowest BCUT2D eigenvalue weighted by molar-refractivity contribution is -0.120. The maximum absolute atomic E-state index is 12.2. The van der Waals surface area contributed by atoms with Crippen molar-refractivity contribution in [2.24, 2.45) is 5.73 Å². The van der Waals surface area contributed by atoms with Gasteiger partial charge >= 0.3 is 0 Å². The highest BCUT2D eigenvalue weighted by Crippen LogP contribution is 2.18. The molecule has 0 saturated carbocycles. The van der Waals surface area contributed by atoms with Crippen LogP contribution in [0.4, 0.5) is 11.4 Å². The van der Waals surface area contributed by atoms with Gasteiger partial charge in [0.15, 0.2) is 0 Å². The van der Waals surface area contributed by atoms with Crippen molar-refractivity contribution < 1.29 is 9.59 Å². The Morgan fingerprint density at radius 3 is 2.00 bits per heavy atom. The standard InChI is InChI=1S/C19H22ClN3O2.ClH/c1-3-12-19(2,21)18(25)23-16-10-8-15(9-11-16)22-17(24)13-4-6-14(20)7-5-13;/h4-11H,3,12,21H2,1-2H3,(H,22,24)(H,23,25);1H. The number of halogens is 2. The highest BCUT2D eigenvalue weighted by Gasteiger charge is 2.27. The summed E-state index contributed by atoms with van der Waals surface area (Å²) in [6, 6.07) is 13.5. The number of benzene rings is 2. The number of hydrogen-bond acceptors (Lipinski definition) is 3. The van der Waals surface area contributed by atoms with E-state index in [2.05, 4.69) is 10.6 Å². The first kappa shape index (κ1) is 22.0. The average Bonchev–Trinajstić information content (AvgIpc) is 2.57. The lowest BCUT2D eigenvalue weighted by Gasteiger charge is -2.22. The summed E-state index contributed by atoms with van der Waals surface area (Å²) in [5, 5.41) is 6.16. The Morgan fingerprint density at radius 2 is 1.50 bits per heavy atom. The SMILES string of the molecule is CCCC(C)(N)C(=O)Nc1ccc(NC(=O)c2ccc(Cl)cc2)cc1.Cl. The number of nitrogens with two attached hydrogens (primary N) is 1. The van der Waals surface area contributed by atoms with Crippen molar-refractivity contribution in [2.75, 3.05) is 10.6 Å². The van der Waals surface area contributed by atoms with E-state index in [1.807, 2.05) is 6.92 Å². The molecule has 2 aromatic rings. The minimum Gasteiger partial charge on any atom is -0.325 e. The molecule has 5 nitrogen and oxygen atoms in total. The van der Waals surface area contributed by atoms with Crippen LogP contribution in [0.1, 0.15) is 37.0 Å². The molecule has 0 aliphatic carbocycles. The summed E-state index contributed by atoms with van der Waals surface area (Å²) < 4.78 is 0. The summed E-state index contributed by atoms with van der Waals surface area (Å²) in [5.41, 5.74) is 6.87. The third-order valence-corrected chi connectivity index (χ3v) is 4.05. The molecule has 0 saturated heterocycles. The Balaban J connectivity index is 0.00000338. The summed E-state index contributed by atoms with van der Waals surface area (Å²) >= 11 is 5.81. The van der Waals surface area contributed by atoms with Crippen LogP contribution in [0.5, 0.6) is 0 Å².